The zero-order valence-corrected chi connectivity index (χ0v) is 18.0. The summed E-state index contributed by atoms with van der Waals surface area (Å²) in [6, 6.07) is 5.18. The van der Waals surface area contributed by atoms with Crippen LogP contribution in [0.25, 0.3) is 0 Å². The number of pyridine rings is 1. The first-order valence-corrected chi connectivity index (χ1v) is 10.0. The Kier molecular flexibility index (Phi) is 11.9. The van der Waals surface area contributed by atoms with Gasteiger partial charge in [0.1, 0.15) is 6.54 Å². The van der Waals surface area contributed by atoms with Gasteiger partial charge in [-0.15, -0.1) is 0 Å². The SMILES string of the molecule is CCCCCCCCCCC[n+]1cccc([C@@H]2CCCN2C)c1.[I-]. The third-order valence-corrected chi connectivity index (χ3v) is 5.31. The molecule has 0 N–H and O–H groups in total. The van der Waals surface area contributed by atoms with E-state index in [1.165, 1.54) is 89.3 Å². The summed E-state index contributed by atoms with van der Waals surface area (Å²) in [6.07, 6.45) is 19.9. The monoisotopic (exact) mass is 444 g/mol. The van der Waals surface area contributed by atoms with Crippen molar-refractivity contribution in [2.45, 2.75) is 90.1 Å². The van der Waals surface area contributed by atoms with Gasteiger partial charge >= 0.3 is 0 Å². The highest BCUT2D eigenvalue weighted by Crippen LogP contribution is 2.29. The van der Waals surface area contributed by atoms with Crippen molar-refractivity contribution in [3.05, 3.63) is 30.1 Å². The molecule has 0 unspecified atom stereocenters. The molecular formula is C21H37IN2. The molecular weight excluding hydrogens is 407 g/mol. The number of aryl methyl sites for hydroxylation is 1. The van der Waals surface area contributed by atoms with Gasteiger partial charge in [0.2, 0.25) is 0 Å². The number of halogens is 1. The molecule has 1 atom stereocenters. The Morgan fingerprint density at radius 2 is 1.71 bits per heavy atom. The van der Waals surface area contributed by atoms with Crippen LogP contribution in [0, 0.1) is 0 Å². The first-order valence-electron chi connectivity index (χ1n) is 10.0. The largest absolute Gasteiger partial charge is 1.00 e. The van der Waals surface area contributed by atoms with E-state index in [0.29, 0.717) is 6.04 Å². The molecule has 0 bridgehead atoms. The number of unbranched alkanes of at least 4 members (excludes halogenated alkanes) is 8. The Balaban J connectivity index is 0.00000288. The topological polar surface area (TPSA) is 7.12 Å². The first kappa shape index (κ1) is 21.9. The van der Waals surface area contributed by atoms with E-state index < -0.39 is 0 Å². The van der Waals surface area contributed by atoms with E-state index in [2.05, 4.69) is 48.0 Å². The predicted octanol–water partition coefficient (Wildman–Crippen LogP) is 2.28. The van der Waals surface area contributed by atoms with E-state index in [4.69, 9.17) is 0 Å². The van der Waals surface area contributed by atoms with Crippen LogP contribution in [0.2, 0.25) is 0 Å². The maximum absolute atomic E-state index is 2.50. The summed E-state index contributed by atoms with van der Waals surface area (Å²) >= 11 is 0. The quantitative estimate of drug-likeness (QED) is 0.289. The van der Waals surface area contributed by atoms with Crippen molar-refractivity contribution >= 4 is 0 Å². The predicted molar refractivity (Wildman–Crippen MR) is 98.5 cm³/mol. The van der Waals surface area contributed by atoms with Gasteiger partial charge in [-0.05, 0) is 38.9 Å². The number of aromatic nitrogens is 1. The average molecular weight is 444 g/mol. The van der Waals surface area contributed by atoms with E-state index in [1.807, 2.05) is 0 Å². The molecule has 0 amide bonds. The van der Waals surface area contributed by atoms with Crippen molar-refractivity contribution in [3.8, 4) is 0 Å². The fraction of sp³-hybridized carbons (Fsp3) is 0.762. The second-order valence-electron chi connectivity index (χ2n) is 7.34. The lowest BCUT2D eigenvalue weighted by molar-refractivity contribution is -0.697. The molecule has 138 valence electrons. The maximum atomic E-state index is 2.50. The molecule has 1 saturated heterocycles. The Bertz CT molecular complexity index is 436. The molecule has 1 aliphatic heterocycles. The lowest BCUT2D eigenvalue weighted by Crippen LogP contribution is -3.00. The van der Waals surface area contributed by atoms with Gasteiger partial charge < -0.3 is 24.0 Å². The first-order chi connectivity index (χ1) is 11.3. The molecule has 1 aromatic heterocycles. The zero-order valence-electron chi connectivity index (χ0n) is 15.9. The third-order valence-electron chi connectivity index (χ3n) is 5.31. The van der Waals surface area contributed by atoms with Crippen LogP contribution in [0.4, 0.5) is 0 Å². The van der Waals surface area contributed by atoms with E-state index >= 15 is 0 Å². The minimum Gasteiger partial charge on any atom is -1.00 e. The summed E-state index contributed by atoms with van der Waals surface area (Å²) in [5.74, 6) is 0. The normalized spacial score (nSPS) is 17.8. The Morgan fingerprint density at radius 1 is 1.04 bits per heavy atom. The lowest BCUT2D eigenvalue weighted by Gasteiger charge is -2.18. The number of hydrogen-bond donors (Lipinski definition) is 0. The lowest BCUT2D eigenvalue weighted by atomic mass is 10.1. The molecule has 24 heavy (non-hydrogen) atoms. The molecule has 1 fully saturated rings. The molecule has 1 aliphatic rings. The fourth-order valence-electron chi connectivity index (χ4n) is 3.81. The van der Waals surface area contributed by atoms with Crippen molar-refractivity contribution in [3.63, 3.8) is 0 Å². The van der Waals surface area contributed by atoms with Gasteiger partial charge in [0.15, 0.2) is 12.4 Å². The number of likely N-dealkylation sites (tertiary alicyclic amines) is 1. The van der Waals surface area contributed by atoms with E-state index in [1.54, 1.807) is 0 Å². The van der Waals surface area contributed by atoms with Crippen molar-refractivity contribution in [2.75, 3.05) is 13.6 Å². The highest BCUT2D eigenvalue weighted by atomic mass is 127. The standard InChI is InChI=1S/C21H37N2.HI/c1-3-4-5-6-7-8-9-10-11-17-23-18-12-14-20(19-23)21-15-13-16-22(21)2;/h12,14,18-19,21H,3-11,13,15-17H2,1-2H3;1H/q+1;/p-1/t21-;/m0./s1. The summed E-state index contributed by atoms with van der Waals surface area (Å²) in [5.41, 5.74) is 1.50. The van der Waals surface area contributed by atoms with Crippen molar-refractivity contribution in [2.24, 2.45) is 0 Å². The summed E-state index contributed by atoms with van der Waals surface area (Å²) in [5, 5.41) is 0. The average Bonchev–Trinajstić information content (AvgIpc) is 3.00. The molecule has 3 heteroatoms. The molecule has 0 saturated carbocycles. The van der Waals surface area contributed by atoms with Crippen LogP contribution < -0.4 is 28.5 Å². The van der Waals surface area contributed by atoms with Crippen LogP contribution in [0.3, 0.4) is 0 Å². The molecule has 1 aromatic rings. The van der Waals surface area contributed by atoms with Crippen LogP contribution in [0.15, 0.2) is 24.5 Å². The molecule has 0 radical (unpaired) electrons. The van der Waals surface area contributed by atoms with Crippen molar-refractivity contribution in [1.82, 2.24) is 4.90 Å². The van der Waals surface area contributed by atoms with Gasteiger partial charge in [0.05, 0.1) is 0 Å². The number of nitrogens with zero attached hydrogens (tertiary/aromatic N) is 2. The van der Waals surface area contributed by atoms with Crippen molar-refractivity contribution < 1.29 is 28.5 Å². The smallest absolute Gasteiger partial charge is 0.173 e. The summed E-state index contributed by atoms with van der Waals surface area (Å²) in [4.78, 5) is 2.50. The Hall–Kier alpha value is -0.160. The molecule has 0 aromatic carbocycles. The van der Waals surface area contributed by atoms with Crippen LogP contribution in [-0.2, 0) is 6.54 Å². The summed E-state index contributed by atoms with van der Waals surface area (Å²) in [7, 11) is 2.26. The Morgan fingerprint density at radius 3 is 2.33 bits per heavy atom. The van der Waals surface area contributed by atoms with E-state index in [0.717, 1.165) is 0 Å². The van der Waals surface area contributed by atoms with Gasteiger partial charge in [-0.1, -0.05) is 51.9 Å². The molecule has 2 rings (SSSR count). The summed E-state index contributed by atoms with van der Waals surface area (Å²) < 4.78 is 2.41. The number of hydrogen-bond acceptors (Lipinski definition) is 1. The highest BCUT2D eigenvalue weighted by molar-refractivity contribution is 5.12. The minimum atomic E-state index is 0. The molecule has 0 spiro atoms. The number of rotatable bonds is 11. The van der Waals surface area contributed by atoms with Gasteiger partial charge in [-0.2, -0.15) is 0 Å². The zero-order chi connectivity index (χ0) is 16.3. The van der Waals surface area contributed by atoms with Gasteiger partial charge in [-0.3, -0.25) is 4.90 Å². The second-order valence-corrected chi connectivity index (χ2v) is 7.34. The van der Waals surface area contributed by atoms with Crippen LogP contribution in [0.5, 0.6) is 0 Å². The third kappa shape index (κ3) is 7.81. The van der Waals surface area contributed by atoms with Crippen LogP contribution in [-0.4, -0.2) is 18.5 Å². The summed E-state index contributed by atoms with van der Waals surface area (Å²) in [6.45, 7) is 4.72. The molecule has 2 heterocycles. The fourth-order valence-corrected chi connectivity index (χ4v) is 3.81. The van der Waals surface area contributed by atoms with Gasteiger partial charge in [-0.25, -0.2) is 4.57 Å². The maximum Gasteiger partial charge on any atom is 0.173 e. The molecule has 2 nitrogen and oxygen atoms in total. The second kappa shape index (κ2) is 13.1. The van der Waals surface area contributed by atoms with E-state index in [-0.39, 0.29) is 24.0 Å². The molecule has 0 aliphatic carbocycles. The van der Waals surface area contributed by atoms with Gasteiger partial charge in [0, 0.05) is 24.1 Å². The van der Waals surface area contributed by atoms with E-state index in [9.17, 15) is 0 Å². The van der Waals surface area contributed by atoms with Gasteiger partial charge in [0.25, 0.3) is 0 Å². The Labute approximate surface area is 167 Å². The van der Waals surface area contributed by atoms with Crippen LogP contribution in [0.1, 0.15) is 89.2 Å². The highest BCUT2D eigenvalue weighted by Gasteiger charge is 2.24. The van der Waals surface area contributed by atoms with Crippen LogP contribution >= 0.6 is 0 Å². The minimum absolute atomic E-state index is 0. The van der Waals surface area contributed by atoms with Crippen molar-refractivity contribution in [1.29, 1.82) is 0 Å².